The summed E-state index contributed by atoms with van der Waals surface area (Å²) in [7, 11) is 0. The molecule has 0 spiro atoms. The zero-order chi connectivity index (χ0) is 19.6. The minimum Gasteiger partial charge on any atom is -0.461 e. The molecule has 27 heavy (non-hydrogen) atoms. The summed E-state index contributed by atoms with van der Waals surface area (Å²) in [5, 5.41) is 0.747. The molecule has 0 saturated carbocycles. The first-order chi connectivity index (χ1) is 12.9. The molecule has 142 valence electrons. The van der Waals surface area contributed by atoms with Crippen LogP contribution in [0.2, 0.25) is 5.28 Å². The zero-order valence-electron chi connectivity index (χ0n) is 15.1. The van der Waals surface area contributed by atoms with Crippen molar-refractivity contribution in [3.63, 3.8) is 0 Å². The number of aromatic nitrogens is 3. The van der Waals surface area contributed by atoms with Gasteiger partial charge in [0.25, 0.3) is 0 Å². The average molecular weight is 389 g/mol. The van der Waals surface area contributed by atoms with E-state index in [-0.39, 0.29) is 30.5 Å². The molecular weight excluding hydrogens is 368 g/mol. The number of carbonyl (C=O) groups excluding carboxylic acids is 1. The molecule has 2 aromatic heterocycles. The van der Waals surface area contributed by atoms with Crippen LogP contribution >= 0.6 is 11.6 Å². The normalized spacial score (nSPS) is 21.9. The van der Waals surface area contributed by atoms with E-state index in [4.69, 9.17) is 33.2 Å². The Kier molecular flexibility index (Phi) is 5.40. The highest BCUT2D eigenvalue weighted by Crippen LogP contribution is 2.38. The third-order valence-electron chi connectivity index (χ3n) is 4.66. The van der Waals surface area contributed by atoms with Crippen molar-refractivity contribution in [3.8, 4) is 12.3 Å². The Bertz CT molecular complexity index is 933. The van der Waals surface area contributed by atoms with Crippen LogP contribution in [-0.2, 0) is 14.3 Å². The van der Waals surface area contributed by atoms with Gasteiger partial charge in [0.15, 0.2) is 5.60 Å². The molecule has 1 aliphatic rings. The van der Waals surface area contributed by atoms with Crippen molar-refractivity contribution in [2.45, 2.75) is 44.4 Å². The molecule has 1 fully saturated rings. The van der Waals surface area contributed by atoms with Gasteiger partial charge in [-0.15, -0.1) is 6.42 Å². The molecule has 0 amide bonds. The van der Waals surface area contributed by atoms with Crippen LogP contribution in [0.4, 0.5) is 5.82 Å². The Hall–Kier alpha value is -2.56. The summed E-state index contributed by atoms with van der Waals surface area (Å²) in [5.41, 5.74) is 6.30. The van der Waals surface area contributed by atoms with E-state index in [1.54, 1.807) is 12.3 Å². The van der Waals surface area contributed by atoms with Gasteiger partial charge in [-0.3, -0.25) is 4.79 Å². The van der Waals surface area contributed by atoms with Gasteiger partial charge in [-0.05, 0) is 36.9 Å². The number of fused-ring (bicyclic) bond motifs is 1. The lowest BCUT2D eigenvalue weighted by Gasteiger charge is -2.24. The third kappa shape index (κ3) is 3.92. The zero-order valence-corrected chi connectivity index (χ0v) is 15.8. The lowest BCUT2D eigenvalue weighted by Crippen LogP contribution is -2.34. The van der Waals surface area contributed by atoms with Crippen molar-refractivity contribution in [3.05, 3.63) is 29.7 Å². The quantitative estimate of drug-likeness (QED) is 0.353. The van der Waals surface area contributed by atoms with Gasteiger partial charge in [-0.1, -0.05) is 25.0 Å². The number of ether oxygens (including phenoxy) is 2. The Morgan fingerprint density at radius 3 is 3.11 bits per heavy atom. The predicted molar refractivity (Wildman–Crippen MR) is 103 cm³/mol. The molecule has 3 heterocycles. The Balaban J connectivity index is 1.74. The maximum atomic E-state index is 11.9. The second-order valence-electron chi connectivity index (χ2n) is 6.53. The molecule has 1 aliphatic heterocycles. The van der Waals surface area contributed by atoms with E-state index in [1.807, 2.05) is 11.5 Å². The van der Waals surface area contributed by atoms with Gasteiger partial charge in [0.1, 0.15) is 24.3 Å². The summed E-state index contributed by atoms with van der Waals surface area (Å²) in [6.07, 6.45) is 9.22. The first kappa shape index (κ1) is 19.2. The van der Waals surface area contributed by atoms with Crippen LogP contribution < -0.4 is 5.73 Å². The number of anilines is 1. The molecule has 3 rings (SSSR count). The maximum Gasteiger partial charge on any atom is 0.310 e. The summed E-state index contributed by atoms with van der Waals surface area (Å²) in [4.78, 5) is 20.1. The van der Waals surface area contributed by atoms with Gasteiger partial charge in [0, 0.05) is 6.20 Å². The minimum atomic E-state index is -0.979. The lowest BCUT2D eigenvalue weighted by atomic mass is 10.0. The highest BCUT2D eigenvalue weighted by Gasteiger charge is 2.41. The van der Waals surface area contributed by atoms with E-state index in [1.165, 1.54) is 0 Å². The number of nitrogens with two attached hydrogens (primary N) is 1. The van der Waals surface area contributed by atoms with Crippen LogP contribution in [0, 0.1) is 12.3 Å². The highest BCUT2D eigenvalue weighted by molar-refractivity contribution is 6.28. The van der Waals surface area contributed by atoms with Crippen molar-refractivity contribution in [1.82, 2.24) is 14.5 Å². The van der Waals surface area contributed by atoms with Gasteiger partial charge in [0.05, 0.1) is 11.8 Å². The molecule has 0 radical (unpaired) electrons. The minimum absolute atomic E-state index is 0.00704. The third-order valence-corrected chi connectivity index (χ3v) is 4.83. The Labute approximate surface area is 162 Å². The smallest absolute Gasteiger partial charge is 0.310 e. The number of nitrogen functional groups attached to an aromatic ring is 1. The van der Waals surface area contributed by atoms with E-state index >= 15 is 0 Å². The van der Waals surface area contributed by atoms with E-state index < -0.39 is 5.60 Å². The number of carbonyl (C=O) groups is 1. The SMILES string of the molecule is C#C[C@@]1(COC(=O)CC(=C)CC)CCC(n2ccc3c(N)nc(Cl)nc32)O1. The molecule has 7 nitrogen and oxygen atoms in total. The van der Waals surface area contributed by atoms with Crippen LogP contribution in [0.15, 0.2) is 24.4 Å². The molecule has 2 N–H and O–H groups in total. The average Bonchev–Trinajstić information content (AvgIpc) is 3.24. The molecule has 0 aliphatic carbocycles. The van der Waals surface area contributed by atoms with E-state index in [9.17, 15) is 4.79 Å². The number of nitrogens with zero attached hydrogens (tertiary/aromatic N) is 3. The molecular formula is C19H21ClN4O3. The van der Waals surface area contributed by atoms with Crippen LogP contribution in [0.25, 0.3) is 11.0 Å². The van der Waals surface area contributed by atoms with Gasteiger partial charge in [-0.25, -0.2) is 4.98 Å². The van der Waals surface area contributed by atoms with E-state index in [0.29, 0.717) is 29.7 Å². The first-order valence-corrected chi connectivity index (χ1v) is 9.02. The fourth-order valence-corrected chi connectivity index (χ4v) is 3.19. The van der Waals surface area contributed by atoms with Crippen LogP contribution in [0.5, 0.6) is 0 Å². The standard InChI is InChI=1S/C19H21ClN4O3/c1-4-12(3)10-15(25)26-11-19(5-2)8-6-14(27-19)24-9-7-13-16(21)22-18(20)23-17(13)24/h2,7,9,14H,3-4,6,8,10-11H2,1H3,(H2,21,22,23)/t14?,19-/m0/s1. The summed E-state index contributed by atoms with van der Waals surface area (Å²) >= 11 is 5.93. The fourth-order valence-electron chi connectivity index (χ4n) is 3.02. The molecule has 0 aromatic carbocycles. The topological polar surface area (TPSA) is 92.3 Å². The van der Waals surface area contributed by atoms with Crippen molar-refractivity contribution in [2.75, 3.05) is 12.3 Å². The maximum absolute atomic E-state index is 11.9. The molecule has 8 heteroatoms. The first-order valence-electron chi connectivity index (χ1n) is 8.65. The number of hydrogen-bond donors (Lipinski definition) is 1. The Morgan fingerprint density at radius 1 is 1.63 bits per heavy atom. The molecule has 2 aromatic rings. The fraction of sp³-hybridized carbons (Fsp3) is 0.421. The number of rotatable bonds is 6. The monoisotopic (exact) mass is 388 g/mol. The van der Waals surface area contributed by atoms with Crippen LogP contribution in [0.1, 0.15) is 38.8 Å². The summed E-state index contributed by atoms with van der Waals surface area (Å²) in [6.45, 7) is 5.74. The van der Waals surface area contributed by atoms with Crippen LogP contribution in [-0.4, -0.2) is 32.7 Å². The summed E-state index contributed by atoms with van der Waals surface area (Å²) < 4.78 is 13.3. The van der Waals surface area contributed by atoms with Gasteiger partial charge < -0.3 is 19.8 Å². The summed E-state index contributed by atoms with van der Waals surface area (Å²) in [5.74, 6) is 2.59. The largest absolute Gasteiger partial charge is 0.461 e. The van der Waals surface area contributed by atoms with Gasteiger partial charge in [0.2, 0.25) is 5.28 Å². The Morgan fingerprint density at radius 2 is 2.41 bits per heavy atom. The van der Waals surface area contributed by atoms with E-state index in [2.05, 4.69) is 22.5 Å². The van der Waals surface area contributed by atoms with Crippen molar-refractivity contribution < 1.29 is 14.3 Å². The van der Waals surface area contributed by atoms with Crippen LogP contribution in [0.3, 0.4) is 0 Å². The molecule has 2 atom stereocenters. The van der Waals surface area contributed by atoms with E-state index in [0.717, 1.165) is 12.0 Å². The van der Waals surface area contributed by atoms with Crippen molar-refractivity contribution in [1.29, 1.82) is 0 Å². The second kappa shape index (κ2) is 7.59. The number of halogens is 1. The highest BCUT2D eigenvalue weighted by atomic mass is 35.5. The number of esters is 1. The van der Waals surface area contributed by atoms with Gasteiger partial charge >= 0.3 is 5.97 Å². The number of terminal acetylenes is 1. The predicted octanol–water partition coefficient (Wildman–Crippen LogP) is 3.25. The molecule has 1 saturated heterocycles. The van der Waals surface area contributed by atoms with Gasteiger partial charge in [-0.2, -0.15) is 4.98 Å². The summed E-state index contributed by atoms with van der Waals surface area (Å²) in [6, 6.07) is 1.80. The van der Waals surface area contributed by atoms with Crippen molar-refractivity contribution in [2.24, 2.45) is 0 Å². The second-order valence-corrected chi connectivity index (χ2v) is 6.87. The lowest BCUT2D eigenvalue weighted by molar-refractivity contribution is -0.151. The number of hydrogen-bond acceptors (Lipinski definition) is 6. The molecule has 1 unspecified atom stereocenters. The van der Waals surface area contributed by atoms with Crippen molar-refractivity contribution >= 4 is 34.4 Å². The molecule has 0 bridgehead atoms.